The number of rotatable bonds is 10. The molecule has 0 aliphatic heterocycles. The molecule has 5 rings (SSSR count). The fourth-order valence-corrected chi connectivity index (χ4v) is 6.24. The highest BCUT2D eigenvalue weighted by Crippen LogP contribution is 2.41. The topological polar surface area (TPSA) is 159 Å². The summed E-state index contributed by atoms with van der Waals surface area (Å²) in [5, 5.41) is 14.5. The van der Waals surface area contributed by atoms with Crippen LogP contribution in [0, 0.1) is 18.8 Å². The summed E-state index contributed by atoms with van der Waals surface area (Å²) in [6.45, 7) is 3.12. The van der Waals surface area contributed by atoms with Crippen LogP contribution >= 0.6 is 0 Å². The number of nitrogens with two attached hydrogens (primary N) is 1. The molecular weight excluding hydrogens is 612 g/mol. The first kappa shape index (κ1) is 34.1. The van der Waals surface area contributed by atoms with E-state index in [2.05, 4.69) is 20.3 Å². The second-order valence-corrected chi connectivity index (χ2v) is 12.6. The van der Waals surface area contributed by atoms with E-state index < -0.39 is 30.9 Å². The normalized spacial score (nSPS) is 22.6. The average Bonchev–Trinajstić information content (AvgIpc) is 3.05. The third kappa shape index (κ3) is 8.98. The van der Waals surface area contributed by atoms with Gasteiger partial charge < -0.3 is 30.4 Å². The first-order valence-electron chi connectivity index (χ1n) is 15.9. The number of halogens is 2. The molecule has 0 spiro atoms. The van der Waals surface area contributed by atoms with Crippen molar-refractivity contribution in [1.29, 1.82) is 0 Å². The van der Waals surface area contributed by atoms with Gasteiger partial charge in [-0.1, -0.05) is 0 Å². The number of hydrogen-bond donors (Lipinski definition) is 3. The Balaban J connectivity index is 1.12. The lowest BCUT2D eigenvalue weighted by atomic mass is 9.73. The second kappa shape index (κ2) is 15.1. The van der Waals surface area contributed by atoms with E-state index in [-0.39, 0.29) is 35.4 Å². The van der Waals surface area contributed by atoms with Crippen molar-refractivity contribution in [2.45, 2.75) is 89.4 Å². The average molecular weight is 654 g/mol. The molecule has 0 radical (unpaired) electrons. The lowest BCUT2D eigenvalue weighted by Crippen LogP contribution is -2.37. The Hall–Kier alpha value is -4.23. The van der Waals surface area contributed by atoms with Crippen molar-refractivity contribution in [3.8, 4) is 11.3 Å². The minimum absolute atomic E-state index is 0.135. The van der Waals surface area contributed by atoms with E-state index in [1.807, 2.05) is 19.1 Å². The maximum absolute atomic E-state index is 13.1. The number of aliphatic hydroxyl groups is 1. The molecule has 2 aliphatic carbocycles. The minimum atomic E-state index is -2.61. The van der Waals surface area contributed by atoms with Crippen LogP contribution in [-0.4, -0.2) is 51.1 Å². The molecule has 252 valence electrons. The Morgan fingerprint density at radius 2 is 1.74 bits per heavy atom. The summed E-state index contributed by atoms with van der Waals surface area (Å²) in [6, 6.07) is 9.94. The molecule has 3 aromatic rings. The van der Waals surface area contributed by atoms with Crippen molar-refractivity contribution in [3.63, 3.8) is 0 Å². The monoisotopic (exact) mass is 653 g/mol. The number of pyridine rings is 3. The highest BCUT2D eigenvalue weighted by Gasteiger charge is 2.39. The first-order chi connectivity index (χ1) is 22.5. The Labute approximate surface area is 272 Å². The van der Waals surface area contributed by atoms with E-state index >= 15 is 0 Å². The number of carbonyl (C=O) groups excluding carboxylic acids is 2. The second-order valence-electron chi connectivity index (χ2n) is 12.6. The first-order valence-corrected chi connectivity index (χ1v) is 15.9. The third-order valence-electron chi connectivity index (χ3n) is 9.05. The molecule has 13 heteroatoms. The number of aryl methyl sites for hydroxylation is 1. The van der Waals surface area contributed by atoms with Gasteiger partial charge >= 0.3 is 12.1 Å². The number of ether oxygens (including phenoxy) is 3. The van der Waals surface area contributed by atoms with Crippen molar-refractivity contribution in [1.82, 2.24) is 15.0 Å². The van der Waals surface area contributed by atoms with Crippen LogP contribution in [0.3, 0.4) is 0 Å². The molecule has 0 aromatic carbocycles. The van der Waals surface area contributed by atoms with Gasteiger partial charge in [-0.15, -0.1) is 0 Å². The van der Waals surface area contributed by atoms with Gasteiger partial charge in [0.05, 0.1) is 17.3 Å². The summed E-state index contributed by atoms with van der Waals surface area (Å²) in [7, 11) is 0. The number of esters is 1. The maximum atomic E-state index is 13.1. The summed E-state index contributed by atoms with van der Waals surface area (Å²) < 4.78 is 41.6. The van der Waals surface area contributed by atoms with Crippen LogP contribution in [0.25, 0.3) is 11.3 Å². The van der Waals surface area contributed by atoms with Gasteiger partial charge in [0, 0.05) is 29.6 Å². The van der Waals surface area contributed by atoms with Crippen LogP contribution in [-0.2, 0) is 24.6 Å². The van der Waals surface area contributed by atoms with E-state index in [1.165, 1.54) is 18.3 Å². The van der Waals surface area contributed by atoms with Gasteiger partial charge in [-0.3, -0.25) is 9.78 Å². The number of carbonyl (C=O) groups is 2. The van der Waals surface area contributed by atoms with Crippen LogP contribution in [0.4, 0.5) is 25.2 Å². The molecule has 1 atom stereocenters. The van der Waals surface area contributed by atoms with Crippen LogP contribution in [0.5, 0.6) is 0 Å². The van der Waals surface area contributed by atoms with Crippen LogP contribution in [0.1, 0.15) is 81.5 Å². The van der Waals surface area contributed by atoms with E-state index in [4.69, 9.17) is 19.9 Å². The summed E-state index contributed by atoms with van der Waals surface area (Å²) in [5.74, 6) is -0.237. The zero-order chi connectivity index (χ0) is 33.6. The molecule has 3 heterocycles. The standard InChI is InChI=1S/C34H41F2N5O6/c1-20-15-27(40-30(16-20)41-29-17-22(31(35)36)13-14-38-29)23-5-12-28(39-18-23)34(2,44)24-6-3-21(4-7-24)32(42)45-19-46-33(43)47-26-10-8-25(37)9-11-26/h5,12-18,21,24-26,31,44H,3-4,6-11,19,37H2,1-2H3,(H,38,40,41)/t21-,24-,25-,26-,34-/m1/s1. The Bertz CT molecular complexity index is 1520. The highest BCUT2D eigenvalue weighted by molar-refractivity contribution is 5.72. The Morgan fingerprint density at radius 3 is 2.43 bits per heavy atom. The summed E-state index contributed by atoms with van der Waals surface area (Å²) >= 11 is 0. The van der Waals surface area contributed by atoms with Gasteiger partial charge in [0.2, 0.25) is 6.79 Å². The number of alkyl halides is 2. The zero-order valence-corrected chi connectivity index (χ0v) is 26.5. The molecule has 0 amide bonds. The van der Waals surface area contributed by atoms with Gasteiger partial charge in [-0.2, -0.15) is 0 Å². The summed E-state index contributed by atoms with van der Waals surface area (Å²) in [5.41, 5.74) is 7.21. The SMILES string of the molecule is Cc1cc(Nc2cc(C(F)F)ccn2)nc(-c2ccc([C@](C)(O)[C@H]3CC[C@H](C(=O)OCOC(=O)O[C@H]4CC[C@H](N)CC4)CC3)nc2)c1. The fourth-order valence-electron chi connectivity index (χ4n) is 6.24. The number of aromatic nitrogens is 3. The van der Waals surface area contributed by atoms with Crippen molar-refractivity contribution in [2.75, 3.05) is 12.1 Å². The van der Waals surface area contributed by atoms with E-state index in [9.17, 15) is 23.5 Å². The molecule has 0 bridgehead atoms. The van der Waals surface area contributed by atoms with E-state index in [0.29, 0.717) is 61.3 Å². The van der Waals surface area contributed by atoms with Crippen LogP contribution < -0.4 is 11.1 Å². The Morgan fingerprint density at radius 1 is 1.00 bits per heavy atom. The van der Waals surface area contributed by atoms with Crippen LogP contribution in [0.2, 0.25) is 0 Å². The molecule has 11 nitrogen and oxygen atoms in total. The van der Waals surface area contributed by atoms with Crippen LogP contribution in [0.15, 0.2) is 48.8 Å². The zero-order valence-electron chi connectivity index (χ0n) is 26.5. The predicted molar refractivity (Wildman–Crippen MR) is 168 cm³/mol. The molecule has 0 unspecified atom stereocenters. The van der Waals surface area contributed by atoms with Gasteiger partial charge in [-0.25, -0.2) is 23.5 Å². The molecule has 2 aliphatic rings. The van der Waals surface area contributed by atoms with Crippen molar-refractivity contribution in [2.24, 2.45) is 17.6 Å². The minimum Gasteiger partial charge on any atom is -0.431 e. The number of anilines is 2. The lowest BCUT2D eigenvalue weighted by molar-refractivity contribution is -0.161. The highest BCUT2D eigenvalue weighted by atomic mass is 19.3. The van der Waals surface area contributed by atoms with E-state index in [1.54, 1.807) is 25.3 Å². The number of nitrogens with one attached hydrogen (secondary N) is 1. The van der Waals surface area contributed by atoms with Crippen molar-refractivity contribution in [3.05, 3.63) is 65.6 Å². The third-order valence-corrected chi connectivity index (χ3v) is 9.05. The Kier molecular flexibility index (Phi) is 11.0. The van der Waals surface area contributed by atoms with Gasteiger partial charge in [0.1, 0.15) is 23.3 Å². The van der Waals surface area contributed by atoms with Crippen molar-refractivity contribution < 1.29 is 37.7 Å². The lowest BCUT2D eigenvalue weighted by Gasteiger charge is -2.37. The number of hydrogen-bond acceptors (Lipinski definition) is 11. The van der Waals surface area contributed by atoms with Gasteiger partial charge in [0.15, 0.2) is 0 Å². The fraction of sp³-hybridized carbons (Fsp3) is 0.500. The number of nitrogens with zero attached hydrogens (tertiary/aromatic N) is 3. The molecule has 4 N–H and O–H groups in total. The molecule has 2 saturated carbocycles. The smallest absolute Gasteiger partial charge is 0.431 e. The molecular formula is C34H41F2N5O6. The van der Waals surface area contributed by atoms with Crippen molar-refractivity contribution >= 4 is 23.8 Å². The summed E-state index contributed by atoms with van der Waals surface area (Å²) in [6.07, 6.45) is 4.41. The predicted octanol–water partition coefficient (Wildman–Crippen LogP) is 6.47. The van der Waals surface area contributed by atoms with Gasteiger partial charge in [0.25, 0.3) is 6.43 Å². The largest absolute Gasteiger partial charge is 0.511 e. The summed E-state index contributed by atoms with van der Waals surface area (Å²) in [4.78, 5) is 37.8. The van der Waals surface area contributed by atoms with E-state index in [0.717, 1.165) is 18.4 Å². The van der Waals surface area contributed by atoms with Gasteiger partial charge in [-0.05, 0) is 113 Å². The quantitative estimate of drug-likeness (QED) is 0.163. The maximum Gasteiger partial charge on any atom is 0.511 e. The molecule has 47 heavy (non-hydrogen) atoms. The molecule has 2 fully saturated rings. The molecule has 0 saturated heterocycles. The molecule has 3 aromatic heterocycles.